The fraction of sp³-hybridized carbons (Fsp3) is 0.105. The minimum absolute atomic E-state index is 0.515. The van der Waals surface area contributed by atoms with Crippen LogP contribution in [-0.2, 0) is 12.3 Å². The van der Waals surface area contributed by atoms with Crippen molar-refractivity contribution in [2.24, 2.45) is 0 Å². The van der Waals surface area contributed by atoms with Crippen LogP contribution in [0.4, 0.5) is 0 Å². The first-order valence-corrected chi connectivity index (χ1v) is 9.48. The Hall–Kier alpha value is -2.26. The molecule has 0 fully saturated rings. The van der Waals surface area contributed by atoms with Crippen molar-refractivity contribution in [2.75, 3.05) is 0 Å². The van der Waals surface area contributed by atoms with E-state index in [2.05, 4.69) is 22.8 Å². The molecule has 3 aromatic rings. The van der Waals surface area contributed by atoms with Crippen molar-refractivity contribution in [3.63, 3.8) is 0 Å². The lowest BCUT2D eigenvalue weighted by atomic mass is 10.1. The molecule has 1 aromatic heterocycles. The second-order valence-corrected chi connectivity index (χ2v) is 7.17. The van der Waals surface area contributed by atoms with Crippen molar-refractivity contribution in [3.05, 3.63) is 76.3 Å². The van der Waals surface area contributed by atoms with Gasteiger partial charge in [0.05, 0.1) is 16.7 Å². The van der Waals surface area contributed by atoms with Crippen LogP contribution < -0.4 is 0 Å². The third-order valence-electron chi connectivity index (χ3n) is 3.70. The number of allylic oxidation sites excluding steroid dienone is 1. The van der Waals surface area contributed by atoms with Crippen LogP contribution >= 0.6 is 35.0 Å². The summed E-state index contributed by atoms with van der Waals surface area (Å²) in [6.07, 6.45) is 1.78. The second-order valence-electron chi connectivity index (χ2n) is 5.39. The zero-order valence-corrected chi connectivity index (χ0v) is 16.0. The fourth-order valence-electron chi connectivity index (χ4n) is 2.46. The quantitative estimate of drug-likeness (QED) is 0.398. The van der Waals surface area contributed by atoms with Crippen LogP contribution in [0, 0.1) is 11.3 Å². The first kappa shape index (κ1) is 18.5. The highest BCUT2D eigenvalue weighted by molar-refractivity contribution is 7.98. The Labute approximate surface area is 166 Å². The summed E-state index contributed by atoms with van der Waals surface area (Å²) in [5, 5.41) is 19.6. The second kappa shape index (κ2) is 8.41. The van der Waals surface area contributed by atoms with E-state index in [4.69, 9.17) is 23.2 Å². The number of nitrogens with zero attached hydrogens (tertiary/aromatic N) is 4. The molecule has 0 unspecified atom stereocenters. The molecular formula is C19H14Cl2N4S. The van der Waals surface area contributed by atoms with Gasteiger partial charge in [-0.3, -0.25) is 4.57 Å². The van der Waals surface area contributed by atoms with Gasteiger partial charge in [0.2, 0.25) is 0 Å². The molecular weight excluding hydrogens is 387 g/mol. The molecule has 0 aliphatic heterocycles. The van der Waals surface area contributed by atoms with Gasteiger partial charge in [-0.05, 0) is 29.8 Å². The highest BCUT2D eigenvalue weighted by Crippen LogP contribution is 2.32. The van der Waals surface area contributed by atoms with E-state index in [-0.39, 0.29) is 0 Å². The van der Waals surface area contributed by atoms with E-state index in [1.807, 2.05) is 34.9 Å². The molecule has 0 atom stereocenters. The molecule has 0 aliphatic rings. The lowest BCUT2D eigenvalue weighted by molar-refractivity contribution is 0.731. The third kappa shape index (κ3) is 3.94. The van der Waals surface area contributed by atoms with E-state index in [1.54, 1.807) is 18.2 Å². The smallest absolute Gasteiger partial charge is 0.192 e. The summed E-state index contributed by atoms with van der Waals surface area (Å²) in [6.45, 7) is 4.36. The van der Waals surface area contributed by atoms with Crippen LogP contribution in [0.15, 0.2) is 60.3 Å². The summed E-state index contributed by atoms with van der Waals surface area (Å²) in [7, 11) is 0. The van der Waals surface area contributed by atoms with Crippen LogP contribution in [0.2, 0.25) is 10.0 Å². The highest BCUT2D eigenvalue weighted by atomic mass is 35.5. The summed E-state index contributed by atoms with van der Waals surface area (Å²) >= 11 is 13.8. The van der Waals surface area contributed by atoms with Crippen molar-refractivity contribution in [1.82, 2.24) is 14.8 Å². The molecule has 0 aliphatic carbocycles. The van der Waals surface area contributed by atoms with Crippen LogP contribution in [-0.4, -0.2) is 14.8 Å². The summed E-state index contributed by atoms with van der Waals surface area (Å²) in [6, 6.07) is 15.0. The van der Waals surface area contributed by atoms with E-state index >= 15 is 0 Å². The lowest BCUT2D eigenvalue weighted by Gasteiger charge is -2.09. The first-order valence-electron chi connectivity index (χ1n) is 7.74. The largest absolute Gasteiger partial charge is 0.298 e. The molecule has 0 amide bonds. The van der Waals surface area contributed by atoms with Crippen LogP contribution in [0.1, 0.15) is 11.1 Å². The van der Waals surface area contributed by atoms with Gasteiger partial charge in [-0.15, -0.1) is 16.8 Å². The standard InChI is InChI=1S/C19H14Cl2N4S/c1-2-9-25-18(16-8-7-15(20)10-17(16)21)23-24-19(25)26-12-14-6-4-3-5-13(14)11-22/h2-8,10H,1,9,12H2. The molecule has 4 nitrogen and oxygen atoms in total. The van der Waals surface area contributed by atoms with Crippen molar-refractivity contribution in [3.8, 4) is 17.5 Å². The molecule has 2 aromatic carbocycles. The van der Waals surface area contributed by atoms with Gasteiger partial charge in [0, 0.05) is 22.9 Å². The van der Waals surface area contributed by atoms with Gasteiger partial charge >= 0.3 is 0 Å². The minimum Gasteiger partial charge on any atom is -0.298 e. The van der Waals surface area contributed by atoms with Gasteiger partial charge in [0.1, 0.15) is 0 Å². The van der Waals surface area contributed by atoms with Gasteiger partial charge in [0.25, 0.3) is 0 Å². The number of nitriles is 1. The fourth-order valence-corrected chi connectivity index (χ4v) is 3.90. The maximum absolute atomic E-state index is 9.23. The van der Waals surface area contributed by atoms with Crippen LogP contribution in [0.3, 0.4) is 0 Å². The molecule has 1 heterocycles. The van der Waals surface area contributed by atoms with E-state index in [1.165, 1.54) is 11.8 Å². The van der Waals surface area contributed by atoms with E-state index in [0.29, 0.717) is 33.7 Å². The monoisotopic (exact) mass is 400 g/mol. The molecule has 3 rings (SSSR count). The maximum atomic E-state index is 9.23. The number of hydrogen-bond acceptors (Lipinski definition) is 4. The normalized spacial score (nSPS) is 10.5. The molecule has 0 radical (unpaired) electrons. The predicted molar refractivity (Wildman–Crippen MR) is 106 cm³/mol. The Bertz CT molecular complexity index is 991. The predicted octanol–water partition coefficient (Wildman–Crippen LogP) is 5.60. The third-order valence-corrected chi connectivity index (χ3v) is 5.26. The summed E-state index contributed by atoms with van der Waals surface area (Å²) in [4.78, 5) is 0. The summed E-state index contributed by atoms with van der Waals surface area (Å²) in [5.74, 6) is 1.27. The Morgan fingerprint density at radius 2 is 2.00 bits per heavy atom. The number of rotatable bonds is 6. The molecule has 0 spiro atoms. The van der Waals surface area contributed by atoms with Crippen molar-refractivity contribution in [2.45, 2.75) is 17.5 Å². The zero-order chi connectivity index (χ0) is 18.5. The Morgan fingerprint density at radius 1 is 1.19 bits per heavy atom. The molecule has 0 bridgehead atoms. The molecule has 7 heteroatoms. The first-order chi connectivity index (χ1) is 12.6. The average molecular weight is 401 g/mol. The van der Waals surface area contributed by atoms with Crippen LogP contribution in [0.5, 0.6) is 0 Å². The zero-order valence-electron chi connectivity index (χ0n) is 13.7. The Morgan fingerprint density at radius 3 is 2.73 bits per heavy atom. The molecule has 0 N–H and O–H groups in total. The SMILES string of the molecule is C=CCn1c(SCc2ccccc2C#N)nnc1-c1ccc(Cl)cc1Cl. The number of hydrogen-bond donors (Lipinski definition) is 0. The number of benzene rings is 2. The van der Waals surface area contributed by atoms with Gasteiger partial charge in [-0.1, -0.05) is 59.2 Å². The van der Waals surface area contributed by atoms with Crippen molar-refractivity contribution < 1.29 is 0 Å². The van der Waals surface area contributed by atoms with E-state index in [0.717, 1.165) is 16.3 Å². The average Bonchev–Trinajstić information content (AvgIpc) is 3.03. The van der Waals surface area contributed by atoms with Gasteiger partial charge in [-0.25, -0.2) is 0 Å². The number of halogens is 2. The topological polar surface area (TPSA) is 54.5 Å². The van der Waals surface area contributed by atoms with Gasteiger partial charge < -0.3 is 0 Å². The lowest BCUT2D eigenvalue weighted by Crippen LogP contribution is -2.01. The minimum atomic E-state index is 0.515. The molecule has 26 heavy (non-hydrogen) atoms. The van der Waals surface area contributed by atoms with Crippen molar-refractivity contribution >= 4 is 35.0 Å². The van der Waals surface area contributed by atoms with Gasteiger partial charge in [0.15, 0.2) is 11.0 Å². The van der Waals surface area contributed by atoms with Crippen LogP contribution in [0.25, 0.3) is 11.4 Å². The van der Waals surface area contributed by atoms with Gasteiger partial charge in [-0.2, -0.15) is 5.26 Å². The van der Waals surface area contributed by atoms with E-state index < -0.39 is 0 Å². The molecule has 130 valence electrons. The summed E-state index contributed by atoms with van der Waals surface area (Å²) in [5.41, 5.74) is 2.38. The Balaban J connectivity index is 1.92. The van der Waals surface area contributed by atoms with E-state index in [9.17, 15) is 5.26 Å². The Kier molecular flexibility index (Phi) is 6.00. The highest BCUT2D eigenvalue weighted by Gasteiger charge is 2.16. The van der Waals surface area contributed by atoms with Crippen molar-refractivity contribution in [1.29, 1.82) is 5.26 Å². The maximum Gasteiger partial charge on any atom is 0.192 e. The molecule has 0 saturated heterocycles. The summed E-state index contributed by atoms with van der Waals surface area (Å²) < 4.78 is 1.95. The number of aromatic nitrogens is 3. The number of thioether (sulfide) groups is 1. The molecule has 0 saturated carbocycles.